The molecule has 0 spiro atoms. The van der Waals surface area contributed by atoms with Crippen molar-refractivity contribution >= 4 is 0 Å². The van der Waals surface area contributed by atoms with E-state index in [4.69, 9.17) is 4.74 Å². The second kappa shape index (κ2) is 5.29. The van der Waals surface area contributed by atoms with Crippen molar-refractivity contribution in [2.24, 2.45) is 0 Å². The Morgan fingerprint density at radius 1 is 1.27 bits per heavy atom. The Bertz CT molecular complexity index is 274. The highest BCUT2D eigenvalue weighted by atomic mass is 16.5. The fourth-order valence-electron chi connectivity index (χ4n) is 1.58. The molecule has 1 N–H and O–H groups in total. The summed E-state index contributed by atoms with van der Waals surface area (Å²) in [7, 11) is 0. The van der Waals surface area contributed by atoms with Gasteiger partial charge in [0.1, 0.15) is 0 Å². The third kappa shape index (κ3) is 5.55. The maximum absolute atomic E-state index is 9.61. The molecule has 2 nitrogen and oxygen atoms in total. The number of rotatable bonds is 5. The van der Waals surface area contributed by atoms with Gasteiger partial charge < -0.3 is 9.84 Å². The highest BCUT2D eigenvalue weighted by molar-refractivity contribution is 5.13. The van der Waals surface area contributed by atoms with Crippen LogP contribution in [0.2, 0.25) is 0 Å². The van der Waals surface area contributed by atoms with Crippen LogP contribution < -0.4 is 0 Å². The minimum Gasteiger partial charge on any atom is -0.390 e. The summed E-state index contributed by atoms with van der Waals surface area (Å²) in [5, 5.41) is 9.61. The fourth-order valence-corrected chi connectivity index (χ4v) is 1.58. The molecule has 0 aliphatic carbocycles. The maximum atomic E-state index is 9.61. The van der Waals surface area contributed by atoms with Gasteiger partial charge >= 0.3 is 0 Å². The number of hydrogen-bond donors (Lipinski definition) is 1. The topological polar surface area (TPSA) is 29.5 Å². The Balaban J connectivity index is 2.32. The minimum atomic E-state index is -0.657. The third-order valence-electron chi connectivity index (χ3n) is 2.16. The summed E-state index contributed by atoms with van der Waals surface area (Å²) in [6.45, 7) is 6.20. The van der Waals surface area contributed by atoms with Crippen LogP contribution in [0.25, 0.3) is 0 Å². The van der Waals surface area contributed by atoms with Crippen LogP contribution in [0.15, 0.2) is 30.3 Å². The smallest absolute Gasteiger partial charge is 0.0720 e. The fraction of sp³-hybridized carbons (Fsp3) is 0.538. The van der Waals surface area contributed by atoms with E-state index in [9.17, 15) is 5.11 Å². The lowest BCUT2D eigenvalue weighted by Crippen LogP contribution is -2.26. The zero-order valence-corrected chi connectivity index (χ0v) is 9.73. The summed E-state index contributed by atoms with van der Waals surface area (Å²) >= 11 is 0. The first kappa shape index (κ1) is 12.2. The second-order valence-electron chi connectivity index (χ2n) is 4.62. The molecule has 1 aromatic carbocycles. The summed E-state index contributed by atoms with van der Waals surface area (Å²) in [6.07, 6.45) is 0.727. The van der Waals surface area contributed by atoms with Crippen molar-refractivity contribution in [2.75, 3.05) is 0 Å². The Labute approximate surface area is 91.9 Å². The van der Waals surface area contributed by atoms with Crippen LogP contribution in [0.1, 0.15) is 32.8 Å². The van der Waals surface area contributed by atoms with E-state index in [1.807, 2.05) is 37.3 Å². The molecule has 1 atom stereocenters. The van der Waals surface area contributed by atoms with Crippen LogP contribution in [0, 0.1) is 0 Å². The van der Waals surface area contributed by atoms with Gasteiger partial charge in [-0.15, -0.1) is 0 Å². The molecular formula is C13H20O2. The standard InChI is InChI=1S/C13H20O2/c1-11(9-13(2,3)14)15-10-12-7-5-4-6-8-12/h4-8,11,14H,9-10H2,1-3H3. The summed E-state index contributed by atoms with van der Waals surface area (Å²) in [5.41, 5.74) is 0.510. The van der Waals surface area contributed by atoms with Crippen molar-refractivity contribution in [3.8, 4) is 0 Å². The third-order valence-corrected chi connectivity index (χ3v) is 2.16. The first-order chi connectivity index (χ1) is 6.97. The average Bonchev–Trinajstić information content (AvgIpc) is 2.14. The zero-order valence-electron chi connectivity index (χ0n) is 9.73. The number of ether oxygens (including phenoxy) is 1. The van der Waals surface area contributed by atoms with Gasteiger partial charge in [0.2, 0.25) is 0 Å². The lowest BCUT2D eigenvalue weighted by Gasteiger charge is -2.22. The average molecular weight is 208 g/mol. The van der Waals surface area contributed by atoms with E-state index < -0.39 is 5.60 Å². The van der Waals surface area contributed by atoms with Crippen LogP contribution in [0.5, 0.6) is 0 Å². The van der Waals surface area contributed by atoms with Crippen LogP contribution in [-0.4, -0.2) is 16.8 Å². The monoisotopic (exact) mass is 208 g/mol. The van der Waals surface area contributed by atoms with E-state index in [0.717, 1.165) is 0 Å². The molecule has 0 saturated carbocycles. The van der Waals surface area contributed by atoms with E-state index in [1.165, 1.54) is 5.56 Å². The number of benzene rings is 1. The van der Waals surface area contributed by atoms with Crippen LogP contribution in [0.3, 0.4) is 0 Å². The normalized spacial score (nSPS) is 13.9. The van der Waals surface area contributed by atoms with Crippen molar-refractivity contribution in [1.29, 1.82) is 0 Å². The lowest BCUT2D eigenvalue weighted by molar-refractivity contribution is -0.0189. The molecule has 0 heterocycles. The van der Waals surface area contributed by atoms with Crippen LogP contribution in [0.4, 0.5) is 0 Å². The Morgan fingerprint density at radius 3 is 2.40 bits per heavy atom. The molecule has 2 heteroatoms. The highest BCUT2D eigenvalue weighted by Gasteiger charge is 2.17. The molecule has 0 aliphatic rings. The van der Waals surface area contributed by atoms with E-state index in [-0.39, 0.29) is 6.10 Å². The molecule has 1 rings (SSSR count). The summed E-state index contributed by atoms with van der Waals surface area (Å²) in [4.78, 5) is 0. The van der Waals surface area contributed by atoms with Gasteiger partial charge in [-0.2, -0.15) is 0 Å². The molecule has 0 fully saturated rings. The SMILES string of the molecule is CC(CC(C)(C)O)OCc1ccccc1. The largest absolute Gasteiger partial charge is 0.390 e. The molecule has 0 bridgehead atoms. The molecule has 15 heavy (non-hydrogen) atoms. The molecule has 0 aromatic heterocycles. The first-order valence-corrected chi connectivity index (χ1v) is 5.35. The van der Waals surface area contributed by atoms with Crippen LogP contribution >= 0.6 is 0 Å². The van der Waals surface area contributed by atoms with Crippen molar-refractivity contribution in [3.05, 3.63) is 35.9 Å². The van der Waals surface area contributed by atoms with Crippen molar-refractivity contribution < 1.29 is 9.84 Å². The lowest BCUT2D eigenvalue weighted by atomic mass is 10.0. The number of aliphatic hydroxyl groups is 1. The van der Waals surface area contributed by atoms with E-state index >= 15 is 0 Å². The Hall–Kier alpha value is -0.860. The maximum Gasteiger partial charge on any atom is 0.0720 e. The Morgan fingerprint density at radius 2 is 1.87 bits per heavy atom. The van der Waals surface area contributed by atoms with Gasteiger partial charge in [0, 0.05) is 6.42 Å². The highest BCUT2D eigenvalue weighted by Crippen LogP contribution is 2.14. The van der Waals surface area contributed by atoms with Crippen molar-refractivity contribution in [2.45, 2.75) is 45.5 Å². The predicted octanol–water partition coefficient (Wildman–Crippen LogP) is 2.75. The molecule has 0 amide bonds. The molecule has 0 saturated heterocycles. The summed E-state index contributed by atoms with van der Waals surface area (Å²) < 4.78 is 5.64. The van der Waals surface area contributed by atoms with Crippen molar-refractivity contribution in [1.82, 2.24) is 0 Å². The van der Waals surface area contributed by atoms with E-state index in [0.29, 0.717) is 13.0 Å². The van der Waals surface area contributed by atoms with Gasteiger partial charge in [-0.25, -0.2) is 0 Å². The second-order valence-corrected chi connectivity index (χ2v) is 4.62. The molecule has 1 unspecified atom stereocenters. The van der Waals surface area contributed by atoms with E-state index in [2.05, 4.69) is 0 Å². The molecule has 1 aromatic rings. The Kier molecular flexibility index (Phi) is 4.30. The first-order valence-electron chi connectivity index (χ1n) is 5.35. The molecule has 0 radical (unpaired) electrons. The summed E-state index contributed by atoms with van der Waals surface area (Å²) in [5.74, 6) is 0. The van der Waals surface area contributed by atoms with Gasteiger partial charge in [0.05, 0.1) is 18.3 Å². The summed E-state index contributed by atoms with van der Waals surface area (Å²) in [6, 6.07) is 10.1. The molecule has 0 aliphatic heterocycles. The van der Waals surface area contributed by atoms with Gasteiger partial charge in [0.15, 0.2) is 0 Å². The van der Waals surface area contributed by atoms with Gasteiger partial charge in [-0.3, -0.25) is 0 Å². The van der Waals surface area contributed by atoms with E-state index in [1.54, 1.807) is 13.8 Å². The predicted molar refractivity (Wildman–Crippen MR) is 61.6 cm³/mol. The zero-order chi connectivity index (χ0) is 11.3. The van der Waals surface area contributed by atoms with Crippen molar-refractivity contribution in [3.63, 3.8) is 0 Å². The van der Waals surface area contributed by atoms with Gasteiger partial charge in [0.25, 0.3) is 0 Å². The van der Waals surface area contributed by atoms with Crippen LogP contribution in [-0.2, 0) is 11.3 Å². The van der Waals surface area contributed by atoms with Gasteiger partial charge in [-0.05, 0) is 26.3 Å². The molecule has 84 valence electrons. The number of hydrogen-bond acceptors (Lipinski definition) is 2. The van der Waals surface area contributed by atoms with Gasteiger partial charge in [-0.1, -0.05) is 30.3 Å². The quantitative estimate of drug-likeness (QED) is 0.806. The minimum absolute atomic E-state index is 0.0743. The molecular weight excluding hydrogens is 188 g/mol.